The standard InChI is InChI=1S/C14H24N2O3S2/c1-4-10-15-21(18,19)14-8-6-5-7-13(14)16-12(2)9-11-20(3)17/h5-8,12,15-16H,4,9-11H2,1-3H3. The molecular formula is C14H24N2O3S2. The Morgan fingerprint density at radius 2 is 1.95 bits per heavy atom. The van der Waals surface area contributed by atoms with Gasteiger partial charge in [0.15, 0.2) is 0 Å². The molecule has 0 saturated heterocycles. The topological polar surface area (TPSA) is 75.3 Å². The van der Waals surface area contributed by atoms with Gasteiger partial charge in [-0.05, 0) is 31.9 Å². The summed E-state index contributed by atoms with van der Waals surface area (Å²) in [6.45, 7) is 4.29. The molecule has 0 aliphatic heterocycles. The molecule has 1 aromatic carbocycles. The summed E-state index contributed by atoms with van der Waals surface area (Å²) in [5.41, 5.74) is 0.579. The van der Waals surface area contributed by atoms with E-state index in [1.807, 2.05) is 13.8 Å². The Balaban J connectivity index is 2.86. The number of para-hydroxylation sites is 1. The monoisotopic (exact) mass is 332 g/mol. The zero-order valence-electron chi connectivity index (χ0n) is 12.8. The van der Waals surface area contributed by atoms with Crippen LogP contribution >= 0.6 is 0 Å². The van der Waals surface area contributed by atoms with Crippen LogP contribution in [0.25, 0.3) is 0 Å². The first-order valence-electron chi connectivity index (χ1n) is 7.02. The molecule has 1 rings (SSSR count). The van der Waals surface area contributed by atoms with E-state index < -0.39 is 20.8 Å². The van der Waals surface area contributed by atoms with Crippen molar-refractivity contribution in [2.75, 3.05) is 23.9 Å². The molecule has 0 aliphatic rings. The summed E-state index contributed by atoms with van der Waals surface area (Å²) in [4.78, 5) is 0.253. The molecule has 5 nitrogen and oxygen atoms in total. The molecule has 0 radical (unpaired) electrons. The maximum absolute atomic E-state index is 12.3. The highest BCUT2D eigenvalue weighted by molar-refractivity contribution is 7.89. The number of rotatable bonds is 9. The predicted molar refractivity (Wildman–Crippen MR) is 88.6 cm³/mol. The number of benzene rings is 1. The van der Waals surface area contributed by atoms with Crippen LogP contribution in [0.15, 0.2) is 29.2 Å². The van der Waals surface area contributed by atoms with Crippen LogP contribution in [0.5, 0.6) is 0 Å². The van der Waals surface area contributed by atoms with Crippen molar-refractivity contribution >= 4 is 26.5 Å². The maximum Gasteiger partial charge on any atom is 0.242 e. The Bertz CT molecular complexity index is 573. The van der Waals surface area contributed by atoms with Crippen LogP contribution in [0, 0.1) is 0 Å². The van der Waals surface area contributed by atoms with Gasteiger partial charge in [-0.15, -0.1) is 0 Å². The zero-order valence-corrected chi connectivity index (χ0v) is 14.4. The van der Waals surface area contributed by atoms with Gasteiger partial charge in [-0.25, -0.2) is 13.1 Å². The summed E-state index contributed by atoms with van der Waals surface area (Å²) in [5, 5.41) is 3.19. The molecule has 0 aromatic heterocycles. The fourth-order valence-corrected chi connectivity index (χ4v) is 3.80. The van der Waals surface area contributed by atoms with Gasteiger partial charge in [0.2, 0.25) is 10.0 Å². The third-order valence-corrected chi connectivity index (χ3v) is 5.29. The smallest absolute Gasteiger partial charge is 0.242 e. The molecule has 1 aromatic rings. The van der Waals surface area contributed by atoms with Gasteiger partial charge >= 0.3 is 0 Å². The molecular weight excluding hydrogens is 308 g/mol. The van der Waals surface area contributed by atoms with Crippen LogP contribution in [-0.2, 0) is 20.8 Å². The third kappa shape index (κ3) is 6.15. The quantitative estimate of drug-likeness (QED) is 0.725. The number of anilines is 1. The molecule has 2 N–H and O–H groups in total. The minimum atomic E-state index is -3.50. The van der Waals surface area contributed by atoms with Gasteiger partial charge < -0.3 is 5.32 Å². The molecule has 0 bridgehead atoms. The molecule has 7 heteroatoms. The summed E-state index contributed by atoms with van der Waals surface area (Å²) >= 11 is 0. The Labute approximate surface area is 130 Å². The van der Waals surface area contributed by atoms with Gasteiger partial charge in [0.05, 0.1) is 5.69 Å². The molecule has 0 aliphatic carbocycles. The lowest BCUT2D eigenvalue weighted by Crippen LogP contribution is -2.26. The van der Waals surface area contributed by atoms with Crippen molar-refractivity contribution < 1.29 is 12.6 Å². The van der Waals surface area contributed by atoms with Crippen LogP contribution in [0.1, 0.15) is 26.7 Å². The van der Waals surface area contributed by atoms with Crippen LogP contribution in [0.4, 0.5) is 5.69 Å². The van der Waals surface area contributed by atoms with Crippen molar-refractivity contribution in [1.82, 2.24) is 4.72 Å². The minimum absolute atomic E-state index is 0.0522. The van der Waals surface area contributed by atoms with E-state index in [9.17, 15) is 12.6 Å². The van der Waals surface area contributed by atoms with Gasteiger partial charge in [0.1, 0.15) is 4.90 Å². The molecule has 120 valence electrons. The van der Waals surface area contributed by atoms with Crippen LogP contribution in [-0.4, -0.2) is 37.2 Å². The lowest BCUT2D eigenvalue weighted by Gasteiger charge is -2.18. The van der Waals surface area contributed by atoms with E-state index in [1.165, 1.54) is 0 Å². The number of sulfonamides is 1. The maximum atomic E-state index is 12.3. The van der Waals surface area contributed by atoms with E-state index >= 15 is 0 Å². The lowest BCUT2D eigenvalue weighted by atomic mass is 10.2. The molecule has 0 spiro atoms. The van der Waals surface area contributed by atoms with E-state index in [4.69, 9.17) is 0 Å². The van der Waals surface area contributed by atoms with Gasteiger partial charge in [-0.1, -0.05) is 19.1 Å². The van der Waals surface area contributed by atoms with Gasteiger partial charge in [-0.3, -0.25) is 4.21 Å². The molecule has 2 atom stereocenters. The third-order valence-electron chi connectivity index (χ3n) is 2.96. The molecule has 21 heavy (non-hydrogen) atoms. The van der Waals surface area contributed by atoms with Crippen molar-refractivity contribution in [1.29, 1.82) is 0 Å². The molecule has 0 fully saturated rings. The zero-order chi connectivity index (χ0) is 15.9. The molecule has 2 unspecified atom stereocenters. The van der Waals surface area contributed by atoms with Crippen molar-refractivity contribution in [2.45, 2.75) is 37.6 Å². The minimum Gasteiger partial charge on any atom is -0.381 e. The number of nitrogens with one attached hydrogen (secondary N) is 2. The summed E-state index contributed by atoms with van der Waals surface area (Å²) in [6, 6.07) is 6.89. The fraction of sp³-hybridized carbons (Fsp3) is 0.571. The second-order valence-electron chi connectivity index (χ2n) is 5.01. The summed E-state index contributed by atoms with van der Waals surface area (Å²) < 4.78 is 38.2. The highest BCUT2D eigenvalue weighted by Crippen LogP contribution is 2.21. The Morgan fingerprint density at radius 1 is 1.29 bits per heavy atom. The first-order chi connectivity index (χ1) is 9.86. The van der Waals surface area contributed by atoms with E-state index in [0.717, 1.165) is 12.8 Å². The van der Waals surface area contributed by atoms with Gasteiger partial charge in [-0.2, -0.15) is 0 Å². The summed E-state index contributed by atoms with van der Waals surface area (Å²) in [6.07, 6.45) is 3.13. The normalized spacial score (nSPS) is 14.6. The number of hydrogen-bond acceptors (Lipinski definition) is 4. The Morgan fingerprint density at radius 3 is 2.57 bits per heavy atom. The highest BCUT2D eigenvalue weighted by Gasteiger charge is 2.18. The van der Waals surface area contributed by atoms with Gasteiger partial charge in [0, 0.05) is 35.4 Å². The second-order valence-corrected chi connectivity index (χ2v) is 8.30. The van der Waals surface area contributed by atoms with E-state index in [2.05, 4.69) is 10.0 Å². The molecule has 0 heterocycles. The van der Waals surface area contributed by atoms with Crippen LogP contribution in [0.3, 0.4) is 0 Å². The molecule has 0 amide bonds. The van der Waals surface area contributed by atoms with Crippen molar-refractivity contribution in [3.8, 4) is 0 Å². The molecule has 0 saturated carbocycles. The van der Waals surface area contributed by atoms with Crippen molar-refractivity contribution in [2.24, 2.45) is 0 Å². The average Bonchev–Trinajstić information content (AvgIpc) is 2.43. The first kappa shape index (κ1) is 18.1. The second kappa shape index (κ2) is 8.51. The van der Waals surface area contributed by atoms with Crippen LogP contribution in [0.2, 0.25) is 0 Å². The van der Waals surface area contributed by atoms with E-state index in [0.29, 0.717) is 18.0 Å². The number of hydrogen-bond donors (Lipinski definition) is 2. The van der Waals surface area contributed by atoms with Crippen molar-refractivity contribution in [3.05, 3.63) is 24.3 Å². The average molecular weight is 332 g/mol. The summed E-state index contributed by atoms with van der Waals surface area (Å²) in [7, 11) is -4.34. The summed E-state index contributed by atoms with van der Waals surface area (Å²) in [5.74, 6) is 0.594. The van der Waals surface area contributed by atoms with Crippen molar-refractivity contribution in [3.63, 3.8) is 0 Å². The van der Waals surface area contributed by atoms with Gasteiger partial charge in [0.25, 0.3) is 0 Å². The predicted octanol–water partition coefficient (Wildman–Crippen LogP) is 1.94. The lowest BCUT2D eigenvalue weighted by molar-refractivity contribution is 0.581. The Kier molecular flexibility index (Phi) is 7.34. The van der Waals surface area contributed by atoms with E-state index in [1.54, 1.807) is 30.5 Å². The van der Waals surface area contributed by atoms with E-state index in [-0.39, 0.29) is 10.9 Å². The SMILES string of the molecule is CCCNS(=O)(=O)c1ccccc1NC(C)CCS(C)=O. The largest absolute Gasteiger partial charge is 0.381 e. The van der Waals surface area contributed by atoms with Crippen LogP contribution < -0.4 is 10.0 Å². The fourth-order valence-electron chi connectivity index (χ4n) is 1.81. The first-order valence-corrected chi connectivity index (χ1v) is 10.2. The Hall–Kier alpha value is -0.920. The highest BCUT2D eigenvalue weighted by atomic mass is 32.2.